The lowest BCUT2D eigenvalue weighted by Gasteiger charge is -2.21. The zero-order valence-electron chi connectivity index (χ0n) is 27.6. The fourth-order valence-corrected chi connectivity index (χ4v) is 5.65. The molecule has 0 saturated carbocycles. The van der Waals surface area contributed by atoms with Crippen molar-refractivity contribution in [3.05, 3.63) is 200 Å². The van der Waals surface area contributed by atoms with Gasteiger partial charge in [-0.15, -0.1) is 15.0 Å². The van der Waals surface area contributed by atoms with Crippen LogP contribution in [0.25, 0.3) is 0 Å². The first-order valence-electron chi connectivity index (χ1n) is 15.9. The summed E-state index contributed by atoms with van der Waals surface area (Å²) in [6, 6.07) is 43.1. The van der Waals surface area contributed by atoms with Crippen LogP contribution >= 0.6 is 0 Å². The van der Waals surface area contributed by atoms with Crippen LogP contribution in [0.3, 0.4) is 0 Å². The molecule has 7 rings (SSSR count). The Hall–Kier alpha value is -5.04. The van der Waals surface area contributed by atoms with Gasteiger partial charge in [0.1, 0.15) is 19.6 Å². The summed E-state index contributed by atoms with van der Waals surface area (Å²) in [6.45, 7) is 1.78. The second-order valence-electron chi connectivity index (χ2n) is 11.2. The summed E-state index contributed by atoms with van der Waals surface area (Å²) < 4.78 is 6.23. The van der Waals surface area contributed by atoms with Crippen LogP contribution in [0, 0.1) is 0 Å². The van der Waals surface area contributed by atoms with E-state index < -0.39 is 0 Å². The molecule has 6 heterocycles. The van der Waals surface area contributed by atoms with Crippen molar-refractivity contribution in [2.75, 3.05) is 15.0 Å². The first kappa shape index (κ1) is 38.8. The van der Waals surface area contributed by atoms with E-state index in [2.05, 4.69) is 47.3 Å². The van der Waals surface area contributed by atoms with Gasteiger partial charge in [0, 0.05) is 55.0 Å². The van der Waals surface area contributed by atoms with Gasteiger partial charge in [-0.25, -0.2) is 15.0 Å². The first-order chi connectivity index (χ1) is 23.8. The van der Waals surface area contributed by atoms with E-state index in [4.69, 9.17) is 15.0 Å². The van der Waals surface area contributed by atoms with E-state index in [1.165, 1.54) is 0 Å². The van der Waals surface area contributed by atoms with Gasteiger partial charge in [-0.1, -0.05) is 68.6 Å². The third kappa shape index (κ3) is 10.0. The highest BCUT2D eigenvalue weighted by Crippen LogP contribution is 2.21. The van der Waals surface area contributed by atoms with Gasteiger partial charge in [-0.3, -0.25) is 0 Å². The number of nitrogens with zero attached hydrogens (tertiary/aromatic N) is 9. The van der Waals surface area contributed by atoms with Crippen LogP contribution in [-0.2, 0) is 19.6 Å². The van der Waals surface area contributed by atoms with Crippen molar-refractivity contribution < 1.29 is 65.0 Å². The topological polar surface area (TPSA) is 60.0 Å². The maximum atomic E-state index is 4.72. The minimum atomic E-state index is 0. The predicted octanol–water partition coefficient (Wildman–Crippen LogP) is -3.84. The first-order valence-corrected chi connectivity index (χ1v) is 15.9. The lowest BCUT2D eigenvalue weighted by molar-refractivity contribution is -0.686. The fourth-order valence-electron chi connectivity index (χ4n) is 5.65. The normalized spacial score (nSPS) is 10.1. The molecule has 12 heteroatoms. The molecule has 0 fully saturated rings. The molecule has 0 saturated heterocycles. The van der Waals surface area contributed by atoms with Crippen molar-refractivity contribution in [2.24, 2.45) is 0 Å². The Morgan fingerprint density at radius 2 is 0.627 bits per heavy atom. The molecule has 51 heavy (non-hydrogen) atoms. The number of rotatable bonds is 12. The van der Waals surface area contributed by atoms with Gasteiger partial charge < -0.3 is 50.9 Å². The Morgan fingerprint density at radius 3 is 0.863 bits per heavy atom. The standard InChI is InChI=1S/C39H36N9.3BrH/c1-10-22-43(23-11-1)46(37-16-4-7-19-40-37)31-34-28-35(32-47(38-17-5-8-20-41-38)44-24-12-2-13-25-44)30-36(29-34)33-48(39-18-6-9-21-42-39)45-26-14-3-15-27-45;;;/h1-30H,31-33H2;3*1H/q+3;;;/p-3. The van der Waals surface area contributed by atoms with Gasteiger partial charge in [0.25, 0.3) is 0 Å². The Kier molecular flexibility index (Phi) is 14.7. The molecule has 0 radical (unpaired) electrons. The lowest BCUT2D eigenvalue weighted by atomic mass is 10.0. The summed E-state index contributed by atoms with van der Waals surface area (Å²) >= 11 is 0. The van der Waals surface area contributed by atoms with E-state index in [-0.39, 0.29) is 50.9 Å². The van der Waals surface area contributed by atoms with E-state index >= 15 is 0 Å². The molecule has 0 amide bonds. The molecule has 0 aliphatic heterocycles. The Labute approximate surface area is 330 Å². The van der Waals surface area contributed by atoms with Gasteiger partial charge in [-0.2, -0.15) is 0 Å². The van der Waals surface area contributed by atoms with Crippen molar-refractivity contribution >= 4 is 17.5 Å². The van der Waals surface area contributed by atoms with Gasteiger partial charge in [-0.05, 0) is 53.1 Å². The predicted molar refractivity (Wildman–Crippen MR) is 184 cm³/mol. The minimum Gasteiger partial charge on any atom is -1.00 e. The van der Waals surface area contributed by atoms with Crippen molar-refractivity contribution in [1.82, 2.24) is 15.0 Å². The second-order valence-corrected chi connectivity index (χ2v) is 11.2. The number of hydrogen-bond acceptors (Lipinski definition) is 6. The summed E-state index contributed by atoms with van der Waals surface area (Å²) in [5, 5.41) is 6.52. The summed E-state index contributed by atoms with van der Waals surface area (Å²) in [6.07, 6.45) is 17.8. The molecule has 7 aromatic rings. The number of aromatic nitrogens is 6. The summed E-state index contributed by atoms with van der Waals surface area (Å²) in [4.78, 5) is 14.2. The largest absolute Gasteiger partial charge is 1.00 e. The zero-order chi connectivity index (χ0) is 32.4. The molecule has 0 aliphatic carbocycles. The number of hydrogen-bond donors (Lipinski definition) is 0. The summed E-state index contributed by atoms with van der Waals surface area (Å²) in [7, 11) is 0. The molecule has 258 valence electrons. The molecule has 0 unspecified atom stereocenters. The average Bonchev–Trinajstić information content (AvgIpc) is 3.17. The highest BCUT2D eigenvalue weighted by molar-refractivity contribution is 5.42. The quantitative estimate of drug-likeness (QED) is 0.118. The average molecular weight is 870 g/mol. The molecule has 0 atom stereocenters. The van der Waals surface area contributed by atoms with E-state index in [1.54, 1.807) is 0 Å². The Bertz CT molecular complexity index is 1650. The summed E-state index contributed by atoms with van der Waals surface area (Å²) in [5.74, 6) is 2.56. The molecule has 0 aliphatic rings. The van der Waals surface area contributed by atoms with Crippen LogP contribution in [0.15, 0.2) is 183 Å². The molecule has 0 spiro atoms. The molecule has 6 aromatic heterocycles. The van der Waals surface area contributed by atoms with E-state index in [0.29, 0.717) is 19.6 Å². The number of pyridine rings is 6. The monoisotopic (exact) mass is 867 g/mol. The fraction of sp³-hybridized carbons (Fsp3) is 0.0769. The van der Waals surface area contributed by atoms with Crippen molar-refractivity contribution in [1.29, 1.82) is 0 Å². The summed E-state index contributed by atoms with van der Waals surface area (Å²) in [5.41, 5.74) is 3.42. The van der Waals surface area contributed by atoms with Gasteiger partial charge >= 0.3 is 0 Å². The van der Waals surface area contributed by atoms with Crippen LogP contribution in [0.5, 0.6) is 0 Å². The van der Waals surface area contributed by atoms with Gasteiger partial charge in [0.15, 0.2) is 54.6 Å². The van der Waals surface area contributed by atoms with Gasteiger partial charge in [0.05, 0.1) is 0 Å². The second kappa shape index (κ2) is 19.4. The van der Waals surface area contributed by atoms with Crippen molar-refractivity contribution in [3.8, 4) is 0 Å². The molecule has 0 bridgehead atoms. The Balaban J connectivity index is 0.00000194. The van der Waals surface area contributed by atoms with E-state index in [9.17, 15) is 0 Å². The third-order valence-corrected chi connectivity index (χ3v) is 7.79. The van der Waals surface area contributed by atoms with Crippen molar-refractivity contribution in [3.63, 3.8) is 0 Å². The SMILES string of the molecule is [Br-].[Br-].[Br-].c1cc[n+](N(Cc2cc(CN(c3ccccn3)[n+]3ccccc3)cc(CN(c3ccccn3)[n+]3ccccc3)c2)c2ccccn2)cc1. The van der Waals surface area contributed by atoms with Crippen LogP contribution in [0.1, 0.15) is 16.7 Å². The van der Waals surface area contributed by atoms with E-state index in [0.717, 1.165) is 34.1 Å². The Morgan fingerprint density at radius 1 is 0.353 bits per heavy atom. The number of halogens is 3. The molecule has 1 aromatic carbocycles. The number of anilines is 3. The van der Waals surface area contributed by atoms with Crippen LogP contribution in [0.2, 0.25) is 0 Å². The molecule has 9 nitrogen and oxygen atoms in total. The van der Waals surface area contributed by atoms with Gasteiger partial charge in [0.2, 0.25) is 0 Å². The molecule has 0 N–H and O–H groups in total. The maximum absolute atomic E-state index is 4.72. The molecular formula is C39H36Br3N9. The minimum absolute atomic E-state index is 0. The van der Waals surface area contributed by atoms with E-state index in [1.807, 2.05) is 165 Å². The smallest absolute Gasteiger partial charge is 0.200 e. The van der Waals surface area contributed by atoms with Crippen LogP contribution in [-0.4, -0.2) is 15.0 Å². The molecular weight excluding hydrogens is 834 g/mol. The highest BCUT2D eigenvalue weighted by atomic mass is 79.9. The highest BCUT2D eigenvalue weighted by Gasteiger charge is 2.23. The lowest BCUT2D eigenvalue weighted by Crippen LogP contribution is -3.00. The maximum Gasteiger partial charge on any atom is 0.200 e. The third-order valence-electron chi connectivity index (χ3n) is 7.79. The number of benzene rings is 1. The zero-order valence-corrected chi connectivity index (χ0v) is 32.4. The van der Waals surface area contributed by atoms with Crippen LogP contribution < -0.4 is 80.0 Å². The van der Waals surface area contributed by atoms with Crippen molar-refractivity contribution in [2.45, 2.75) is 19.6 Å². The van der Waals surface area contributed by atoms with Crippen LogP contribution in [0.4, 0.5) is 17.5 Å².